The number of nitrogens with one attached hydrogen (secondary N) is 2. The molecule has 21 heavy (non-hydrogen) atoms. The Hall–Kier alpha value is -1.82. The van der Waals surface area contributed by atoms with E-state index in [1.54, 1.807) is 6.92 Å². The number of benzene rings is 1. The van der Waals surface area contributed by atoms with Crippen molar-refractivity contribution in [3.05, 3.63) is 23.8 Å². The van der Waals surface area contributed by atoms with Crippen molar-refractivity contribution in [3.8, 4) is 11.5 Å². The Morgan fingerprint density at radius 1 is 1.24 bits per heavy atom. The van der Waals surface area contributed by atoms with Gasteiger partial charge < -0.3 is 15.5 Å². The Morgan fingerprint density at radius 2 is 1.95 bits per heavy atom. The first-order valence-electron chi connectivity index (χ1n) is 7.19. The first kappa shape index (κ1) is 15.6. The average molecular weight is 307 g/mol. The number of phenols is 2. The van der Waals surface area contributed by atoms with Crippen molar-refractivity contribution < 1.29 is 10.2 Å². The number of rotatable bonds is 3. The van der Waals surface area contributed by atoms with Crippen molar-refractivity contribution in [2.45, 2.75) is 45.1 Å². The fourth-order valence-electron chi connectivity index (χ4n) is 2.47. The molecule has 0 bridgehead atoms. The maximum absolute atomic E-state index is 9.76. The van der Waals surface area contributed by atoms with E-state index in [9.17, 15) is 10.2 Å². The molecule has 0 unspecified atom stereocenters. The molecule has 1 fully saturated rings. The highest BCUT2D eigenvalue weighted by molar-refractivity contribution is 7.80. The smallest absolute Gasteiger partial charge is 0.187 e. The molecule has 6 heteroatoms. The van der Waals surface area contributed by atoms with E-state index in [1.807, 2.05) is 0 Å². The number of thiocarbonyl (C=S) groups is 1. The van der Waals surface area contributed by atoms with Gasteiger partial charge in [-0.1, -0.05) is 19.3 Å². The van der Waals surface area contributed by atoms with Crippen molar-refractivity contribution in [2.75, 3.05) is 0 Å². The maximum Gasteiger partial charge on any atom is 0.187 e. The number of nitrogens with zero attached hydrogens (tertiary/aromatic N) is 1. The third-order valence-corrected chi connectivity index (χ3v) is 3.84. The van der Waals surface area contributed by atoms with Crippen molar-refractivity contribution in [1.82, 2.24) is 10.7 Å². The minimum Gasteiger partial charge on any atom is -0.508 e. The second-order valence-corrected chi connectivity index (χ2v) is 5.73. The predicted molar refractivity (Wildman–Crippen MR) is 87.7 cm³/mol. The zero-order valence-corrected chi connectivity index (χ0v) is 12.9. The summed E-state index contributed by atoms with van der Waals surface area (Å²) in [5, 5.41) is 27.1. The van der Waals surface area contributed by atoms with E-state index in [4.69, 9.17) is 12.2 Å². The SMILES string of the molecule is C/C(=N/NC(=S)NC1CCCCC1)c1cc(O)ccc1O. The molecule has 1 saturated carbocycles. The lowest BCUT2D eigenvalue weighted by Gasteiger charge is -2.23. The molecule has 0 amide bonds. The lowest BCUT2D eigenvalue weighted by molar-refractivity contribution is 0.412. The van der Waals surface area contributed by atoms with E-state index in [-0.39, 0.29) is 11.5 Å². The molecular formula is C15H21N3O2S. The molecule has 0 atom stereocenters. The molecule has 0 saturated heterocycles. The summed E-state index contributed by atoms with van der Waals surface area (Å²) in [5.74, 6) is 0.155. The number of aromatic hydroxyl groups is 2. The van der Waals surface area contributed by atoms with Gasteiger partial charge >= 0.3 is 0 Å². The van der Waals surface area contributed by atoms with Gasteiger partial charge in [0, 0.05) is 11.6 Å². The summed E-state index contributed by atoms with van der Waals surface area (Å²) in [6.07, 6.45) is 6.04. The summed E-state index contributed by atoms with van der Waals surface area (Å²) in [7, 11) is 0. The molecule has 0 aliphatic heterocycles. The first-order chi connectivity index (χ1) is 10.1. The summed E-state index contributed by atoms with van der Waals surface area (Å²) < 4.78 is 0. The molecule has 1 aliphatic carbocycles. The lowest BCUT2D eigenvalue weighted by Crippen LogP contribution is -2.41. The van der Waals surface area contributed by atoms with Gasteiger partial charge in [0.2, 0.25) is 0 Å². The maximum atomic E-state index is 9.76. The van der Waals surface area contributed by atoms with Gasteiger partial charge in [0.15, 0.2) is 5.11 Å². The number of hydrogen-bond donors (Lipinski definition) is 4. The molecule has 2 rings (SSSR count). The summed E-state index contributed by atoms with van der Waals surface area (Å²) in [4.78, 5) is 0. The number of phenolic OH excluding ortho intramolecular Hbond substituents is 2. The highest BCUT2D eigenvalue weighted by Crippen LogP contribution is 2.22. The second kappa shape index (κ2) is 7.26. The normalized spacial score (nSPS) is 16.5. The standard InChI is InChI=1S/C15H21N3O2S/c1-10(13-9-12(19)7-8-14(13)20)17-18-15(21)16-11-5-3-2-4-6-11/h7-9,11,19-20H,2-6H2,1H3,(H2,16,18,21)/b17-10-. The summed E-state index contributed by atoms with van der Waals surface area (Å²) in [6.45, 7) is 1.74. The molecule has 0 spiro atoms. The van der Waals surface area contributed by atoms with Crippen LogP contribution in [0.1, 0.15) is 44.6 Å². The van der Waals surface area contributed by atoms with Gasteiger partial charge in [0.1, 0.15) is 11.5 Å². The zero-order chi connectivity index (χ0) is 15.2. The van der Waals surface area contributed by atoms with Crippen LogP contribution in [0.25, 0.3) is 0 Å². The summed E-state index contributed by atoms with van der Waals surface area (Å²) >= 11 is 5.22. The van der Waals surface area contributed by atoms with Crippen molar-refractivity contribution >= 4 is 23.0 Å². The Balaban J connectivity index is 1.93. The zero-order valence-electron chi connectivity index (χ0n) is 12.1. The molecule has 0 heterocycles. The van der Waals surface area contributed by atoms with Gasteiger partial charge in [-0.25, -0.2) is 0 Å². The van der Waals surface area contributed by atoms with Gasteiger partial charge in [-0.05, 0) is 50.2 Å². The van der Waals surface area contributed by atoms with Crippen LogP contribution in [0.2, 0.25) is 0 Å². The van der Waals surface area contributed by atoms with E-state index in [0.29, 0.717) is 22.4 Å². The molecular weight excluding hydrogens is 286 g/mol. The first-order valence-corrected chi connectivity index (χ1v) is 7.60. The van der Waals surface area contributed by atoms with Gasteiger partial charge in [-0.3, -0.25) is 5.43 Å². The van der Waals surface area contributed by atoms with Crippen LogP contribution in [0.3, 0.4) is 0 Å². The molecule has 1 aromatic rings. The number of hydrogen-bond acceptors (Lipinski definition) is 4. The third-order valence-electron chi connectivity index (χ3n) is 3.64. The highest BCUT2D eigenvalue weighted by atomic mass is 32.1. The van der Waals surface area contributed by atoms with Crippen LogP contribution >= 0.6 is 12.2 Å². The molecule has 1 aromatic carbocycles. The Kier molecular flexibility index (Phi) is 5.38. The Labute approximate surface area is 130 Å². The van der Waals surface area contributed by atoms with E-state index < -0.39 is 0 Å². The Morgan fingerprint density at radius 3 is 2.67 bits per heavy atom. The fraction of sp³-hybridized carbons (Fsp3) is 0.467. The molecule has 0 aromatic heterocycles. The van der Waals surface area contributed by atoms with Gasteiger partial charge in [0.25, 0.3) is 0 Å². The largest absolute Gasteiger partial charge is 0.508 e. The van der Waals surface area contributed by atoms with Crippen molar-refractivity contribution in [1.29, 1.82) is 0 Å². The van der Waals surface area contributed by atoms with Gasteiger partial charge in [0.05, 0.1) is 5.71 Å². The highest BCUT2D eigenvalue weighted by Gasteiger charge is 2.13. The van der Waals surface area contributed by atoms with E-state index in [2.05, 4.69) is 15.8 Å². The number of hydrazone groups is 1. The van der Waals surface area contributed by atoms with Crippen LogP contribution in [-0.4, -0.2) is 27.1 Å². The minimum atomic E-state index is 0.0713. The van der Waals surface area contributed by atoms with E-state index in [1.165, 1.54) is 37.5 Å². The topological polar surface area (TPSA) is 76.9 Å². The van der Waals surface area contributed by atoms with Crippen molar-refractivity contribution in [3.63, 3.8) is 0 Å². The average Bonchev–Trinajstić information content (AvgIpc) is 2.48. The summed E-state index contributed by atoms with van der Waals surface area (Å²) in [5.41, 5.74) is 3.82. The lowest BCUT2D eigenvalue weighted by atomic mass is 9.96. The third kappa shape index (κ3) is 4.60. The fourth-order valence-corrected chi connectivity index (χ4v) is 2.69. The molecule has 4 N–H and O–H groups in total. The van der Waals surface area contributed by atoms with Crippen LogP contribution in [0.4, 0.5) is 0 Å². The van der Waals surface area contributed by atoms with Crippen LogP contribution in [0.5, 0.6) is 11.5 Å². The Bertz CT molecular complexity index is 540. The van der Waals surface area contributed by atoms with Gasteiger partial charge in [-0.15, -0.1) is 0 Å². The molecule has 5 nitrogen and oxygen atoms in total. The molecule has 0 radical (unpaired) electrons. The quantitative estimate of drug-likeness (QED) is 0.299. The van der Waals surface area contributed by atoms with Crippen LogP contribution in [0.15, 0.2) is 23.3 Å². The van der Waals surface area contributed by atoms with Crippen molar-refractivity contribution in [2.24, 2.45) is 5.10 Å². The monoisotopic (exact) mass is 307 g/mol. The van der Waals surface area contributed by atoms with E-state index >= 15 is 0 Å². The molecule has 1 aliphatic rings. The minimum absolute atomic E-state index is 0.0713. The molecule has 114 valence electrons. The van der Waals surface area contributed by atoms with E-state index in [0.717, 1.165) is 12.8 Å². The van der Waals surface area contributed by atoms with Crippen LogP contribution < -0.4 is 10.7 Å². The predicted octanol–water partition coefficient (Wildman–Crippen LogP) is 2.62. The summed E-state index contributed by atoms with van der Waals surface area (Å²) in [6, 6.07) is 4.74. The second-order valence-electron chi connectivity index (χ2n) is 5.32. The van der Waals surface area contributed by atoms with Crippen LogP contribution in [0, 0.1) is 0 Å². The van der Waals surface area contributed by atoms with Gasteiger partial charge in [-0.2, -0.15) is 5.10 Å². The van der Waals surface area contributed by atoms with Crippen LogP contribution in [-0.2, 0) is 0 Å².